The van der Waals surface area contributed by atoms with Crippen molar-refractivity contribution in [1.82, 2.24) is 5.32 Å². The van der Waals surface area contributed by atoms with E-state index >= 15 is 0 Å². The van der Waals surface area contributed by atoms with Gasteiger partial charge in [-0.2, -0.15) is 0 Å². The third-order valence-electron chi connectivity index (χ3n) is 2.96. The summed E-state index contributed by atoms with van der Waals surface area (Å²) in [6.07, 6.45) is -1.75. The maximum atomic E-state index is 14.3. The Balaban J connectivity index is 2.26. The molecule has 1 saturated heterocycles. The maximum absolute atomic E-state index is 14.3. The van der Waals surface area contributed by atoms with Gasteiger partial charge in [-0.1, -0.05) is 6.08 Å². The number of amides is 2. The molecule has 2 aliphatic rings. The normalized spacial score (nSPS) is 44.2. The first-order valence-corrected chi connectivity index (χ1v) is 6.02. The number of nitrogens with one attached hydrogen (secondary N) is 1. The van der Waals surface area contributed by atoms with Gasteiger partial charge in [0, 0.05) is 6.08 Å². The Morgan fingerprint density at radius 3 is 2.72 bits per heavy atom. The molecule has 8 heteroatoms. The van der Waals surface area contributed by atoms with Gasteiger partial charge in [-0.15, -0.1) is 0 Å². The number of halogens is 2. The van der Waals surface area contributed by atoms with Gasteiger partial charge in [0.1, 0.15) is 18.3 Å². The molecule has 1 fully saturated rings. The number of aliphatic hydroxyl groups excluding tert-OH is 2. The highest BCUT2D eigenvalue weighted by atomic mass is 79.9. The zero-order valence-corrected chi connectivity index (χ0v) is 10.6. The van der Waals surface area contributed by atoms with Crippen molar-refractivity contribution >= 4 is 27.7 Å². The van der Waals surface area contributed by atoms with Crippen LogP contribution < -0.4 is 5.32 Å². The van der Waals surface area contributed by atoms with Crippen LogP contribution in [0.15, 0.2) is 12.2 Å². The molecular formula is C10H11BrFNO5. The van der Waals surface area contributed by atoms with E-state index in [2.05, 4.69) is 15.9 Å². The third-order valence-corrected chi connectivity index (χ3v) is 3.88. The Labute approximate surface area is 110 Å². The van der Waals surface area contributed by atoms with Gasteiger partial charge < -0.3 is 14.9 Å². The summed E-state index contributed by atoms with van der Waals surface area (Å²) in [5.41, 5.74) is 0. The molecule has 2 heterocycles. The van der Waals surface area contributed by atoms with Crippen LogP contribution in [0.2, 0.25) is 0 Å². The van der Waals surface area contributed by atoms with E-state index in [-0.39, 0.29) is 0 Å². The van der Waals surface area contributed by atoms with Crippen molar-refractivity contribution in [3.8, 4) is 0 Å². The summed E-state index contributed by atoms with van der Waals surface area (Å²) < 4.78 is 17.1. The van der Waals surface area contributed by atoms with E-state index in [4.69, 9.17) is 9.84 Å². The molecule has 0 bridgehead atoms. The van der Waals surface area contributed by atoms with Gasteiger partial charge in [0.05, 0.1) is 12.5 Å². The molecule has 0 spiro atoms. The van der Waals surface area contributed by atoms with Crippen LogP contribution in [0.25, 0.3) is 0 Å². The number of rotatable bonds is 2. The van der Waals surface area contributed by atoms with Crippen molar-refractivity contribution in [3.63, 3.8) is 0 Å². The monoisotopic (exact) mass is 323 g/mol. The minimum atomic E-state index is -2.37. The fourth-order valence-corrected chi connectivity index (χ4v) is 2.69. The quantitative estimate of drug-likeness (QED) is 0.447. The summed E-state index contributed by atoms with van der Waals surface area (Å²) in [4.78, 5) is 22.5. The number of carbonyl (C=O) groups excluding carboxylic acids is 2. The highest BCUT2D eigenvalue weighted by Crippen LogP contribution is 2.43. The van der Waals surface area contributed by atoms with Crippen molar-refractivity contribution < 1.29 is 28.9 Å². The molecule has 0 saturated carbocycles. The highest BCUT2D eigenvalue weighted by molar-refractivity contribution is 9.10. The summed E-state index contributed by atoms with van der Waals surface area (Å²) >= 11 is 2.68. The van der Waals surface area contributed by atoms with Gasteiger partial charge in [-0.25, -0.2) is 4.39 Å². The minimum Gasteiger partial charge on any atom is -0.394 e. The average molecular weight is 324 g/mol. The van der Waals surface area contributed by atoms with Crippen molar-refractivity contribution in [3.05, 3.63) is 12.2 Å². The lowest BCUT2D eigenvalue weighted by Gasteiger charge is -2.27. The first-order valence-electron chi connectivity index (χ1n) is 5.23. The molecule has 2 unspecified atom stereocenters. The molecule has 0 aromatic carbocycles. The number of hydrogen-bond acceptors (Lipinski definition) is 5. The Hall–Kier alpha value is -0.830. The first kappa shape index (κ1) is 13.6. The van der Waals surface area contributed by atoms with Crippen LogP contribution in [0.4, 0.5) is 4.39 Å². The largest absolute Gasteiger partial charge is 0.394 e. The average Bonchev–Trinajstić information content (AvgIpc) is 2.52. The minimum absolute atomic E-state index is 0.577. The smallest absolute Gasteiger partial charge is 0.250 e. The van der Waals surface area contributed by atoms with E-state index in [1.807, 2.05) is 5.32 Å². The zero-order chi connectivity index (χ0) is 13.5. The summed E-state index contributed by atoms with van der Waals surface area (Å²) in [6.45, 7) is -0.577. The maximum Gasteiger partial charge on any atom is 0.250 e. The highest BCUT2D eigenvalue weighted by Gasteiger charge is 2.59. The van der Waals surface area contributed by atoms with E-state index in [9.17, 15) is 19.1 Å². The molecule has 2 aliphatic heterocycles. The Morgan fingerprint density at radius 1 is 1.56 bits per heavy atom. The molecule has 18 heavy (non-hydrogen) atoms. The van der Waals surface area contributed by atoms with Crippen LogP contribution in [0.3, 0.4) is 0 Å². The van der Waals surface area contributed by atoms with Crippen molar-refractivity contribution in [2.24, 2.45) is 5.92 Å². The first-order chi connectivity index (χ1) is 8.37. The second kappa shape index (κ2) is 4.69. The number of aliphatic hydroxyl groups is 2. The number of hydrogen-bond donors (Lipinski definition) is 3. The van der Waals surface area contributed by atoms with Gasteiger partial charge in [0.2, 0.25) is 16.4 Å². The molecule has 3 N–H and O–H groups in total. The van der Waals surface area contributed by atoms with Gasteiger partial charge in [0.25, 0.3) is 0 Å². The molecule has 5 atom stereocenters. The lowest BCUT2D eigenvalue weighted by Crippen LogP contribution is -2.49. The van der Waals surface area contributed by atoms with Crippen LogP contribution >= 0.6 is 15.9 Å². The molecule has 2 amide bonds. The second-order valence-corrected chi connectivity index (χ2v) is 5.35. The fraction of sp³-hybridized carbons (Fsp3) is 0.600. The SMILES string of the molecule is O=C1C=CC(C2O[C@H](CO)[C@@H](O)[C@]2(F)Br)C(=O)N1. The third kappa shape index (κ3) is 2.09. The zero-order valence-electron chi connectivity index (χ0n) is 9.05. The van der Waals surface area contributed by atoms with Crippen LogP contribution in [0.5, 0.6) is 0 Å². The van der Waals surface area contributed by atoms with Crippen molar-refractivity contribution in [2.75, 3.05) is 6.61 Å². The van der Waals surface area contributed by atoms with Gasteiger partial charge in [0.15, 0.2) is 0 Å². The molecule has 6 nitrogen and oxygen atoms in total. The summed E-state index contributed by atoms with van der Waals surface area (Å²) in [7, 11) is 0. The lowest BCUT2D eigenvalue weighted by atomic mass is 9.94. The lowest BCUT2D eigenvalue weighted by molar-refractivity contribution is -0.135. The number of imide groups is 1. The van der Waals surface area contributed by atoms with Gasteiger partial charge >= 0.3 is 0 Å². The standard InChI is InChI=1S/C10H11BrFNO5/c11-10(12)7(16)5(3-14)18-8(10)4-1-2-6(15)13-9(4)17/h1-2,4-5,7-8,14,16H,3H2,(H,13,15,17)/t4?,5-,7-,8?,10-/m1/s1. The summed E-state index contributed by atoms with van der Waals surface area (Å²) in [5.74, 6) is -2.36. The van der Waals surface area contributed by atoms with Crippen LogP contribution in [0.1, 0.15) is 0 Å². The van der Waals surface area contributed by atoms with Gasteiger partial charge in [-0.05, 0) is 15.9 Å². The predicted octanol–water partition coefficient (Wildman–Crippen LogP) is -1.00. The number of alkyl halides is 2. The fourth-order valence-electron chi connectivity index (χ4n) is 2.00. The Morgan fingerprint density at radius 2 is 2.22 bits per heavy atom. The summed E-state index contributed by atoms with van der Waals surface area (Å²) in [5, 5.41) is 20.6. The molecule has 100 valence electrons. The number of carbonyl (C=O) groups is 2. The van der Waals surface area contributed by atoms with E-state index in [0.717, 1.165) is 6.08 Å². The Bertz CT molecular complexity index is 413. The van der Waals surface area contributed by atoms with Crippen LogP contribution in [-0.2, 0) is 14.3 Å². The van der Waals surface area contributed by atoms with E-state index in [0.29, 0.717) is 0 Å². The number of ether oxygens (including phenoxy) is 1. The molecule has 0 aliphatic carbocycles. The van der Waals surface area contributed by atoms with Crippen LogP contribution in [-0.4, -0.2) is 51.5 Å². The molecule has 2 rings (SSSR count). The summed E-state index contributed by atoms with van der Waals surface area (Å²) in [6, 6.07) is 0. The molecular weight excluding hydrogens is 313 g/mol. The van der Waals surface area contributed by atoms with Gasteiger partial charge in [-0.3, -0.25) is 14.9 Å². The predicted molar refractivity (Wildman–Crippen MR) is 60.3 cm³/mol. The van der Waals surface area contributed by atoms with Crippen LogP contribution in [0, 0.1) is 5.92 Å². The van der Waals surface area contributed by atoms with E-state index < -0.39 is 47.2 Å². The molecule has 0 radical (unpaired) electrons. The molecule has 0 aromatic rings. The van der Waals surface area contributed by atoms with E-state index in [1.165, 1.54) is 6.08 Å². The topological polar surface area (TPSA) is 95.9 Å². The van der Waals surface area contributed by atoms with Crippen molar-refractivity contribution in [2.45, 2.75) is 22.9 Å². The van der Waals surface area contributed by atoms with E-state index in [1.54, 1.807) is 0 Å². The Kier molecular flexibility index (Phi) is 3.54. The molecule has 0 aromatic heterocycles. The second-order valence-electron chi connectivity index (χ2n) is 4.14. The van der Waals surface area contributed by atoms with Crippen molar-refractivity contribution in [1.29, 1.82) is 0 Å².